The number of benzene rings is 2. The normalized spacial score (nSPS) is 14.2. The van der Waals surface area contributed by atoms with Crippen LogP contribution in [0.5, 0.6) is 11.5 Å². The Hall–Kier alpha value is -1.58. The van der Waals surface area contributed by atoms with Crippen molar-refractivity contribution in [3.05, 3.63) is 58.4 Å². The van der Waals surface area contributed by atoms with E-state index in [2.05, 4.69) is 5.32 Å². The van der Waals surface area contributed by atoms with Gasteiger partial charge in [0.25, 0.3) is 0 Å². The minimum absolute atomic E-state index is 0.234. The van der Waals surface area contributed by atoms with E-state index < -0.39 is 0 Å². The summed E-state index contributed by atoms with van der Waals surface area (Å²) < 4.78 is 18.9. The molecule has 2 aromatic rings. The van der Waals surface area contributed by atoms with Gasteiger partial charge >= 0.3 is 0 Å². The third-order valence-electron chi connectivity index (χ3n) is 3.55. The van der Waals surface area contributed by atoms with E-state index in [1.54, 1.807) is 25.1 Å². The second-order valence-corrected chi connectivity index (χ2v) is 5.83. The molecule has 0 aromatic heterocycles. The molecule has 0 spiro atoms. The van der Waals surface area contributed by atoms with Gasteiger partial charge in [0, 0.05) is 17.6 Å². The smallest absolute Gasteiger partial charge is 0.128 e. The lowest BCUT2D eigenvalue weighted by Crippen LogP contribution is -2.15. The number of halogens is 2. The van der Waals surface area contributed by atoms with E-state index in [0.717, 1.165) is 12.1 Å². The van der Waals surface area contributed by atoms with Crippen LogP contribution in [-0.2, 0) is 6.54 Å². The molecule has 1 fully saturated rings. The van der Waals surface area contributed by atoms with Gasteiger partial charge in [-0.2, -0.15) is 0 Å². The Balaban J connectivity index is 1.70. The van der Waals surface area contributed by atoms with Crippen molar-refractivity contribution in [3.63, 3.8) is 0 Å². The van der Waals surface area contributed by atoms with Crippen LogP contribution in [0, 0.1) is 12.7 Å². The monoisotopic (exact) mass is 305 g/mol. The minimum atomic E-state index is -0.234. The highest BCUT2D eigenvalue weighted by molar-refractivity contribution is 6.31. The third-order valence-corrected chi connectivity index (χ3v) is 3.90. The highest BCUT2D eigenvalue weighted by atomic mass is 35.5. The van der Waals surface area contributed by atoms with Crippen molar-refractivity contribution in [2.24, 2.45) is 0 Å². The summed E-state index contributed by atoms with van der Waals surface area (Å²) in [6, 6.07) is 11.0. The first-order chi connectivity index (χ1) is 10.1. The zero-order chi connectivity index (χ0) is 14.8. The molecule has 1 aliphatic rings. The van der Waals surface area contributed by atoms with Crippen LogP contribution in [0.15, 0.2) is 36.4 Å². The predicted octanol–water partition coefficient (Wildman–Crippen LogP) is 4.83. The van der Waals surface area contributed by atoms with E-state index in [4.69, 9.17) is 16.3 Å². The molecule has 2 nitrogen and oxygen atoms in total. The van der Waals surface area contributed by atoms with Gasteiger partial charge in [0.1, 0.15) is 17.3 Å². The van der Waals surface area contributed by atoms with Crippen LogP contribution in [0.1, 0.15) is 24.0 Å². The topological polar surface area (TPSA) is 21.3 Å². The van der Waals surface area contributed by atoms with E-state index in [9.17, 15) is 4.39 Å². The second-order valence-electron chi connectivity index (χ2n) is 5.42. The maximum Gasteiger partial charge on any atom is 0.128 e. The van der Waals surface area contributed by atoms with Gasteiger partial charge in [-0.1, -0.05) is 17.7 Å². The summed E-state index contributed by atoms with van der Waals surface area (Å²) in [5.41, 5.74) is 1.62. The van der Waals surface area contributed by atoms with Crippen molar-refractivity contribution < 1.29 is 9.13 Å². The standard InChI is InChI=1S/C17H17ClFNO/c1-11-8-14(6-7-17(11)19)21-15-5-2-12(16(18)9-15)10-20-13-3-4-13/h2,5-9,13,20H,3-4,10H2,1H3. The van der Waals surface area contributed by atoms with Crippen LogP contribution in [-0.4, -0.2) is 6.04 Å². The molecule has 0 atom stereocenters. The van der Waals surface area contributed by atoms with Crippen LogP contribution < -0.4 is 10.1 Å². The molecule has 0 radical (unpaired) electrons. The van der Waals surface area contributed by atoms with E-state index >= 15 is 0 Å². The fourth-order valence-corrected chi connectivity index (χ4v) is 2.33. The minimum Gasteiger partial charge on any atom is -0.457 e. The molecule has 0 unspecified atom stereocenters. The molecule has 0 bridgehead atoms. The van der Waals surface area contributed by atoms with Crippen molar-refractivity contribution in [1.82, 2.24) is 5.32 Å². The molecule has 2 aromatic carbocycles. The Bertz CT molecular complexity index is 655. The van der Waals surface area contributed by atoms with Gasteiger partial charge in [-0.15, -0.1) is 0 Å². The molecule has 110 valence electrons. The Kier molecular flexibility index (Phi) is 4.13. The number of nitrogens with one attached hydrogen (secondary N) is 1. The first kappa shape index (κ1) is 14.4. The average molecular weight is 306 g/mol. The van der Waals surface area contributed by atoms with E-state index in [1.807, 2.05) is 12.1 Å². The summed E-state index contributed by atoms with van der Waals surface area (Å²) in [4.78, 5) is 0. The van der Waals surface area contributed by atoms with Crippen LogP contribution in [0.3, 0.4) is 0 Å². The molecule has 1 aliphatic carbocycles. The fourth-order valence-electron chi connectivity index (χ4n) is 2.09. The second kappa shape index (κ2) is 6.04. The van der Waals surface area contributed by atoms with Crippen LogP contribution in [0.4, 0.5) is 4.39 Å². The SMILES string of the molecule is Cc1cc(Oc2ccc(CNC3CC3)c(Cl)c2)ccc1F. The summed E-state index contributed by atoms with van der Waals surface area (Å²) in [6.45, 7) is 2.49. The largest absolute Gasteiger partial charge is 0.457 e. The van der Waals surface area contributed by atoms with Crippen molar-refractivity contribution in [3.8, 4) is 11.5 Å². The molecule has 3 rings (SSSR count). The van der Waals surface area contributed by atoms with Crippen LogP contribution in [0.2, 0.25) is 5.02 Å². The summed E-state index contributed by atoms with van der Waals surface area (Å²) in [6.07, 6.45) is 2.51. The van der Waals surface area contributed by atoms with Crippen molar-refractivity contribution in [1.29, 1.82) is 0 Å². The molecule has 0 saturated heterocycles. The van der Waals surface area contributed by atoms with E-state index in [-0.39, 0.29) is 5.82 Å². The Morgan fingerprint density at radius 2 is 1.90 bits per heavy atom. The average Bonchev–Trinajstić information content (AvgIpc) is 3.26. The zero-order valence-corrected chi connectivity index (χ0v) is 12.6. The highest BCUT2D eigenvalue weighted by Crippen LogP contribution is 2.28. The highest BCUT2D eigenvalue weighted by Gasteiger charge is 2.20. The van der Waals surface area contributed by atoms with Crippen molar-refractivity contribution >= 4 is 11.6 Å². The summed E-state index contributed by atoms with van der Waals surface area (Å²) in [7, 11) is 0. The third kappa shape index (κ3) is 3.74. The summed E-state index contributed by atoms with van der Waals surface area (Å²) in [5.74, 6) is 1.02. The summed E-state index contributed by atoms with van der Waals surface area (Å²) >= 11 is 6.28. The molecule has 0 aliphatic heterocycles. The van der Waals surface area contributed by atoms with E-state index in [1.165, 1.54) is 18.9 Å². The maximum atomic E-state index is 13.2. The molecule has 1 N–H and O–H groups in total. The Labute approximate surface area is 128 Å². The lowest BCUT2D eigenvalue weighted by Gasteiger charge is -2.10. The van der Waals surface area contributed by atoms with Gasteiger partial charge in [0.05, 0.1) is 0 Å². The fraction of sp³-hybridized carbons (Fsp3) is 0.294. The van der Waals surface area contributed by atoms with Gasteiger partial charge in [0.2, 0.25) is 0 Å². The van der Waals surface area contributed by atoms with Crippen molar-refractivity contribution in [2.45, 2.75) is 32.4 Å². The van der Waals surface area contributed by atoms with Crippen LogP contribution in [0.25, 0.3) is 0 Å². The lowest BCUT2D eigenvalue weighted by atomic mass is 10.2. The van der Waals surface area contributed by atoms with Gasteiger partial charge in [-0.25, -0.2) is 4.39 Å². The van der Waals surface area contributed by atoms with Crippen molar-refractivity contribution in [2.75, 3.05) is 0 Å². The zero-order valence-electron chi connectivity index (χ0n) is 11.8. The van der Waals surface area contributed by atoms with E-state index in [0.29, 0.717) is 28.1 Å². The van der Waals surface area contributed by atoms with Gasteiger partial charge in [-0.05, 0) is 61.2 Å². The first-order valence-corrected chi connectivity index (χ1v) is 7.45. The molecule has 0 heterocycles. The van der Waals surface area contributed by atoms with Crippen LogP contribution >= 0.6 is 11.6 Å². The van der Waals surface area contributed by atoms with Gasteiger partial charge < -0.3 is 10.1 Å². The quantitative estimate of drug-likeness (QED) is 0.854. The molecule has 1 saturated carbocycles. The number of aryl methyl sites for hydroxylation is 1. The maximum absolute atomic E-state index is 13.2. The number of ether oxygens (including phenoxy) is 1. The Morgan fingerprint density at radius 3 is 2.57 bits per heavy atom. The molecular weight excluding hydrogens is 289 g/mol. The number of hydrogen-bond donors (Lipinski definition) is 1. The first-order valence-electron chi connectivity index (χ1n) is 7.07. The molecule has 21 heavy (non-hydrogen) atoms. The number of hydrogen-bond acceptors (Lipinski definition) is 2. The summed E-state index contributed by atoms with van der Waals surface area (Å²) in [5, 5.41) is 4.11. The lowest BCUT2D eigenvalue weighted by molar-refractivity contribution is 0.479. The molecular formula is C17H17ClFNO. The Morgan fingerprint density at radius 1 is 1.19 bits per heavy atom. The molecule has 0 amide bonds. The molecule has 4 heteroatoms. The number of rotatable bonds is 5. The van der Waals surface area contributed by atoms with Gasteiger partial charge in [-0.3, -0.25) is 0 Å². The predicted molar refractivity (Wildman–Crippen MR) is 82.5 cm³/mol. The van der Waals surface area contributed by atoms with Gasteiger partial charge in [0.15, 0.2) is 0 Å².